The van der Waals surface area contributed by atoms with E-state index in [1.54, 1.807) is 4.90 Å². The van der Waals surface area contributed by atoms with Gasteiger partial charge in [0.2, 0.25) is 12.2 Å². The van der Waals surface area contributed by atoms with Gasteiger partial charge in [-0.1, -0.05) is 45.6 Å². The summed E-state index contributed by atoms with van der Waals surface area (Å²) >= 11 is 0. The third kappa shape index (κ3) is 8.24. The number of aliphatic imine (C=N–C) groups is 2. The van der Waals surface area contributed by atoms with Gasteiger partial charge in [0.05, 0.1) is 12.6 Å². The van der Waals surface area contributed by atoms with E-state index in [9.17, 15) is 10.1 Å². The molecule has 230 valence electrons. The number of rotatable bonds is 9. The van der Waals surface area contributed by atoms with E-state index in [1.807, 2.05) is 36.2 Å². The molecule has 0 aromatic heterocycles. The minimum atomic E-state index is -1.24. The molecule has 2 aliphatic heterocycles. The number of carbonyl (C=O) groups is 1. The summed E-state index contributed by atoms with van der Waals surface area (Å²) in [6.07, 6.45) is 7.19. The van der Waals surface area contributed by atoms with Crippen molar-refractivity contribution in [3.05, 3.63) is 35.4 Å². The molecule has 3 aliphatic rings. The molecule has 1 fully saturated rings. The number of nitrogens with one attached hydrogen (secondary N) is 1. The van der Waals surface area contributed by atoms with E-state index in [4.69, 9.17) is 10.00 Å². The molecule has 1 saturated heterocycles. The molecule has 1 aromatic carbocycles. The van der Waals surface area contributed by atoms with E-state index in [0.29, 0.717) is 19.1 Å². The van der Waals surface area contributed by atoms with Crippen molar-refractivity contribution in [3.63, 3.8) is 0 Å². The number of carbonyl (C=O) groups excluding carboxylic acids is 1. The molecule has 1 amide bonds. The normalized spacial score (nSPS) is 22.0. The molecule has 2 heterocycles. The Hall–Kier alpha value is -3.67. The lowest BCUT2D eigenvalue weighted by Crippen LogP contribution is -2.49. The number of hydrogen-bond donors (Lipinski definition) is 1. The Morgan fingerprint density at radius 2 is 1.91 bits per heavy atom. The predicted octanol–water partition coefficient (Wildman–Crippen LogP) is 4.94. The molecule has 1 atom stereocenters. The number of likely N-dealkylation sites (N-methyl/N-ethyl adjacent to an activating group) is 2. The van der Waals surface area contributed by atoms with Crippen molar-refractivity contribution in [2.45, 2.75) is 70.8 Å². The number of guanidine groups is 1. The first-order valence-electron chi connectivity index (χ1n) is 15.1. The summed E-state index contributed by atoms with van der Waals surface area (Å²) in [5.74, 6) is 0.790. The Kier molecular flexibility index (Phi) is 9.99. The van der Waals surface area contributed by atoms with Crippen LogP contribution in [0.3, 0.4) is 0 Å². The molecule has 0 spiro atoms. The summed E-state index contributed by atoms with van der Waals surface area (Å²) < 4.78 is 5.93. The van der Waals surface area contributed by atoms with Crippen LogP contribution >= 0.6 is 0 Å². The van der Waals surface area contributed by atoms with Crippen molar-refractivity contribution in [1.29, 1.82) is 10.5 Å². The van der Waals surface area contributed by atoms with E-state index < -0.39 is 14.1 Å². The zero-order valence-corrected chi connectivity index (χ0v) is 27.8. The molecule has 1 aliphatic carbocycles. The summed E-state index contributed by atoms with van der Waals surface area (Å²) in [5.41, 5.74) is 4.42. The van der Waals surface area contributed by atoms with E-state index in [1.165, 1.54) is 11.1 Å². The fourth-order valence-electron chi connectivity index (χ4n) is 5.79. The maximum absolute atomic E-state index is 13.7. The zero-order chi connectivity index (χ0) is 31.4. The molecule has 11 heteroatoms. The summed E-state index contributed by atoms with van der Waals surface area (Å²) in [6.45, 7) is 14.2. The third-order valence-electron chi connectivity index (χ3n) is 8.47. The second-order valence-electron chi connectivity index (χ2n) is 14.0. The highest BCUT2D eigenvalue weighted by molar-refractivity contribution is 6.76. The number of amidine groups is 1. The number of benzene rings is 1. The largest absolute Gasteiger partial charge is 0.361 e. The highest BCUT2D eigenvalue weighted by Gasteiger charge is 2.32. The summed E-state index contributed by atoms with van der Waals surface area (Å²) in [4.78, 5) is 27.9. The Morgan fingerprint density at radius 1 is 1.19 bits per heavy atom. The Balaban J connectivity index is 1.58. The fourth-order valence-corrected chi connectivity index (χ4v) is 6.55. The van der Waals surface area contributed by atoms with Gasteiger partial charge >= 0.3 is 0 Å². The van der Waals surface area contributed by atoms with Crippen LogP contribution in [0, 0.1) is 28.2 Å². The number of anilines is 1. The van der Waals surface area contributed by atoms with Gasteiger partial charge in [-0.15, -0.1) is 4.99 Å². The van der Waals surface area contributed by atoms with Crippen LogP contribution in [-0.2, 0) is 9.53 Å². The van der Waals surface area contributed by atoms with Crippen molar-refractivity contribution in [3.8, 4) is 12.3 Å². The third-order valence-corrected chi connectivity index (χ3v) is 10.2. The van der Waals surface area contributed by atoms with Crippen LogP contribution in [0.15, 0.2) is 34.3 Å². The highest BCUT2D eigenvalue weighted by Crippen LogP contribution is 2.41. The minimum Gasteiger partial charge on any atom is -0.361 e. The summed E-state index contributed by atoms with van der Waals surface area (Å²) in [5, 5.41) is 21.8. The van der Waals surface area contributed by atoms with Crippen molar-refractivity contribution in [1.82, 2.24) is 14.7 Å². The first kappa shape index (κ1) is 32.2. The molecule has 0 bridgehead atoms. The van der Waals surface area contributed by atoms with Gasteiger partial charge in [0.15, 0.2) is 11.9 Å². The van der Waals surface area contributed by atoms with E-state index in [2.05, 4.69) is 73.1 Å². The van der Waals surface area contributed by atoms with Crippen LogP contribution in [0.4, 0.5) is 5.69 Å². The lowest BCUT2D eigenvalue weighted by Gasteiger charge is -2.39. The molecule has 1 N–H and O–H groups in total. The summed E-state index contributed by atoms with van der Waals surface area (Å²) in [6, 6.07) is 8.91. The predicted molar refractivity (Wildman–Crippen MR) is 174 cm³/mol. The van der Waals surface area contributed by atoms with Gasteiger partial charge in [-0.2, -0.15) is 10.5 Å². The molecule has 1 aromatic rings. The van der Waals surface area contributed by atoms with E-state index >= 15 is 0 Å². The molecule has 0 saturated carbocycles. The second-order valence-corrected chi connectivity index (χ2v) is 19.6. The molecular weight excluding hydrogens is 556 g/mol. The van der Waals surface area contributed by atoms with Gasteiger partial charge < -0.3 is 24.8 Å². The molecule has 1 unspecified atom stereocenters. The number of allylic oxidation sites excluding steroid dienone is 2. The summed E-state index contributed by atoms with van der Waals surface area (Å²) in [7, 11) is 2.67. The molecule has 4 rings (SSSR count). The number of nitrogens with zero attached hydrogens (tertiary/aromatic N) is 7. The number of amides is 1. The van der Waals surface area contributed by atoms with Crippen molar-refractivity contribution >= 4 is 37.0 Å². The van der Waals surface area contributed by atoms with Gasteiger partial charge in [-0.3, -0.25) is 4.79 Å². The number of hydrogen-bond acceptors (Lipinski definition) is 7. The Morgan fingerprint density at radius 3 is 2.51 bits per heavy atom. The molecule has 43 heavy (non-hydrogen) atoms. The first-order chi connectivity index (χ1) is 20.3. The monoisotopic (exact) mass is 602 g/mol. The van der Waals surface area contributed by atoms with Gasteiger partial charge in [0, 0.05) is 59.0 Å². The lowest BCUT2D eigenvalue weighted by molar-refractivity contribution is -0.111. The minimum absolute atomic E-state index is 0.205. The Bertz CT molecular complexity index is 1370. The van der Waals surface area contributed by atoms with Crippen LogP contribution in [-0.4, -0.2) is 93.6 Å². The van der Waals surface area contributed by atoms with Gasteiger partial charge in [-0.05, 0) is 54.0 Å². The van der Waals surface area contributed by atoms with Crippen LogP contribution in [0.2, 0.25) is 25.7 Å². The van der Waals surface area contributed by atoms with Crippen LogP contribution in [0.1, 0.15) is 50.2 Å². The smallest absolute Gasteiger partial charge is 0.291 e. The van der Waals surface area contributed by atoms with Gasteiger partial charge in [0.25, 0.3) is 5.91 Å². The second kappa shape index (κ2) is 13.3. The fraction of sp³-hybridized carbons (Fsp3) is 0.594. The van der Waals surface area contributed by atoms with Crippen molar-refractivity contribution < 1.29 is 9.53 Å². The van der Waals surface area contributed by atoms with Crippen LogP contribution in [0.5, 0.6) is 0 Å². The Labute approximate surface area is 257 Å². The molecule has 10 nitrogen and oxygen atoms in total. The van der Waals surface area contributed by atoms with E-state index in [-0.39, 0.29) is 29.8 Å². The average Bonchev–Trinajstić information content (AvgIpc) is 3.36. The van der Waals surface area contributed by atoms with Crippen molar-refractivity contribution in [2.24, 2.45) is 15.4 Å². The molecule has 0 radical (unpaired) electrons. The SMILES string of the molecule is CN1CC(c2ccc(NC(=O)C3=NC(C#N)CN3COCC[Si](C)(C)C)c(C3=CCC(C)(C)CC3)c2)CN(C)C1=NC#N. The van der Waals surface area contributed by atoms with Crippen molar-refractivity contribution in [2.75, 3.05) is 52.4 Å². The molecular formula is C32H46N8O2Si. The average molecular weight is 603 g/mol. The zero-order valence-electron chi connectivity index (χ0n) is 26.8. The number of nitriles is 2. The first-order valence-corrected chi connectivity index (χ1v) is 18.8. The van der Waals surface area contributed by atoms with Gasteiger partial charge in [-0.25, -0.2) is 4.99 Å². The van der Waals surface area contributed by atoms with Crippen LogP contribution < -0.4 is 5.32 Å². The van der Waals surface area contributed by atoms with E-state index in [0.717, 1.165) is 49.6 Å². The maximum Gasteiger partial charge on any atom is 0.291 e. The lowest BCUT2D eigenvalue weighted by atomic mass is 9.76. The topological polar surface area (TPSA) is 120 Å². The van der Waals surface area contributed by atoms with Gasteiger partial charge in [0.1, 0.15) is 6.73 Å². The highest BCUT2D eigenvalue weighted by atomic mass is 28.3. The number of ether oxygens (including phenoxy) is 1. The maximum atomic E-state index is 13.7. The standard InChI is InChI=1S/C32H46N8O2Si/c1-32(2)12-10-23(11-13-32)27-16-24(25-18-38(3)31(35-21-34)39(4)19-25)8-9-28(27)37-30(41)29-36-26(17-33)20-40(29)22-42-14-15-43(5,6)7/h8-10,16,25-26H,11-15,18-20,22H2,1-7H3,(H,37,41). The quantitative estimate of drug-likeness (QED) is 0.242. The van der Waals surface area contributed by atoms with Crippen LogP contribution in [0.25, 0.3) is 5.57 Å².